The minimum Gasteiger partial charge on any atom is -0.508 e. The number of phenols is 2. The highest BCUT2D eigenvalue weighted by molar-refractivity contribution is 5.79. The number of hydrogen-bond acceptors (Lipinski definition) is 3. The summed E-state index contributed by atoms with van der Waals surface area (Å²) in [7, 11) is 0. The van der Waals surface area contributed by atoms with Crippen molar-refractivity contribution in [3.8, 4) is 22.8 Å². The van der Waals surface area contributed by atoms with Crippen molar-refractivity contribution < 1.29 is 14.6 Å². The molecule has 1 aromatic heterocycles. The lowest BCUT2D eigenvalue weighted by atomic mass is 10.0. The van der Waals surface area contributed by atoms with Gasteiger partial charge in [0.15, 0.2) is 0 Å². The highest BCUT2D eigenvalue weighted by Crippen LogP contribution is 2.27. The maximum atomic E-state index is 9.49. The molecule has 0 unspecified atom stereocenters. The molecule has 3 rings (SSSR count). The van der Waals surface area contributed by atoms with E-state index in [-0.39, 0.29) is 11.5 Å². The van der Waals surface area contributed by atoms with Gasteiger partial charge in [-0.15, -0.1) is 0 Å². The maximum absolute atomic E-state index is 9.49. The summed E-state index contributed by atoms with van der Waals surface area (Å²) in [6.45, 7) is 0. The van der Waals surface area contributed by atoms with Gasteiger partial charge in [-0.2, -0.15) is 0 Å². The normalized spacial score (nSPS) is 11.0. The predicted octanol–water partition coefficient (Wildman–Crippen LogP) is 4.53. The lowest BCUT2D eigenvalue weighted by Gasteiger charge is -2.03. The summed E-state index contributed by atoms with van der Waals surface area (Å²) in [5, 5.41) is 19.0. The molecule has 3 nitrogen and oxygen atoms in total. The third-order valence-electron chi connectivity index (χ3n) is 3.13. The van der Waals surface area contributed by atoms with Gasteiger partial charge >= 0.3 is 0 Å². The molecule has 2 aromatic carbocycles. The molecular weight excluding hydrogens is 264 g/mol. The van der Waals surface area contributed by atoms with Crippen LogP contribution in [-0.4, -0.2) is 10.2 Å². The first-order valence-electron chi connectivity index (χ1n) is 6.56. The molecule has 0 atom stereocenters. The van der Waals surface area contributed by atoms with Gasteiger partial charge in [0.2, 0.25) is 0 Å². The molecule has 0 saturated heterocycles. The first kappa shape index (κ1) is 13.1. The Morgan fingerprint density at radius 3 is 2.29 bits per heavy atom. The topological polar surface area (TPSA) is 53.6 Å². The zero-order valence-corrected chi connectivity index (χ0v) is 11.2. The molecule has 0 amide bonds. The molecule has 0 aliphatic carbocycles. The van der Waals surface area contributed by atoms with Crippen LogP contribution in [0.5, 0.6) is 11.5 Å². The summed E-state index contributed by atoms with van der Waals surface area (Å²) >= 11 is 0. The third kappa shape index (κ3) is 2.98. The van der Waals surface area contributed by atoms with E-state index < -0.39 is 0 Å². The lowest BCUT2D eigenvalue weighted by molar-refractivity contribution is 0.450. The number of hydrogen-bond donors (Lipinski definition) is 2. The number of phenolic OH excluding ortho intramolecular Hbond substituents is 2. The molecule has 104 valence electrons. The Hall–Kier alpha value is -2.94. The van der Waals surface area contributed by atoms with Gasteiger partial charge in [-0.3, -0.25) is 0 Å². The van der Waals surface area contributed by atoms with Gasteiger partial charge in [0.05, 0.1) is 6.26 Å². The van der Waals surface area contributed by atoms with Gasteiger partial charge in [-0.05, 0) is 35.4 Å². The van der Waals surface area contributed by atoms with E-state index in [9.17, 15) is 10.2 Å². The Kier molecular flexibility index (Phi) is 3.48. The smallest absolute Gasteiger partial charge is 0.134 e. The van der Waals surface area contributed by atoms with Crippen LogP contribution in [0.25, 0.3) is 23.5 Å². The highest BCUT2D eigenvalue weighted by Gasteiger charge is 2.04. The van der Waals surface area contributed by atoms with Crippen LogP contribution in [-0.2, 0) is 0 Å². The van der Waals surface area contributed by atoms with Crippen molar-refractivity contribution in [3.63, 3.8) is 0 Å². The summed E-state index contributed by atoms with van der Waals surface area (Å²) in [5.41, 5.74) is 2.71. The minimum atomic E-state index is 0.0361. The van der Waals surface area contributed by atoms with Crippen molar-refractivity contribution in [2.45, 2.75) is 0 Å². The maximum Gasteiger partial charge on any atom is 0.134 e. The molecule has 21 heavy (non-hydrogen) atoms. The second kappa shape index (κ2) is 5.59. The fraction of sp³-hybridized carbons (Fsp3) is 0. The molecular formula is C18H14O3. The van der Waals surface area contributed by atoms with E-state index in [1.165, 1.54) is 6.07 Å². The van der Waals surface area contributed by atoms with Crippen LogP contribution in [0.3, 0.4) is 0 Å². The van der Waals surface area contributed by atoms with Gasteiger partial charge in [-0.1, -0.05) is 36.4 Å². The van der Waals surface area contributed by atoms with Crippen LogP contribution >= 0.6 is 0 Å². The van der Waals surface area contributed by atoms with Crippen molar-refractivity contribution in [3.05, 3.63) is 72.0 Å². The molecule has 3 heteroatoms. The Morgan fingerprint density at radius 1 is 0.810 bits per heavy atom. The zero-order chi connectivity index (χ0) is 14.7. The van der Waals surface area contributed by atoms with Crippen molar-refractivity contribution in [1.29, 1.82) is 0 Å². The van der Waals surface area contributed by atoms with Crippen LogP contribution in [0.15, 0.2) is 65.3 Å². The van der Waals surface area contributed by atoms with E-state index in [0.717, 1.165) is 22.5 Å². The highest BCUT2D eigenvalue weighted by atomic mass is 16.3. The number of furan rings is 1. The predicted molar refractivity (Wildman–Crippen MR) is 82.8 cm³/mol. The number of benzene rings is 2. The van der Waals surface area contributed by atoms with Gasteiger partial charge < -0.3 is 14.6 Å². The Labute approximate surface area is 122 Å². The molecule has 0 saturated carbocycles. The quantitative estimate of drug-likeness (QED) is 0.692. The van der Waals surface area contributed by atoms with Gasteiger partial charge in [0.25, 0.3) is 0 Å². The second-order valence-corrected chi connectivity index (χ2v) is 4.68. The molecule has 0 aliphatic heterocycles. The third-order valence-corrected chi connectivity index (χ3v) is 3.13. The van der Waals surface area contributed by atoms with Gasteiger partial charge in [0.1, 0.15) is 17.3 Å². The molecule has 1 heterocycles. The van der Waals surface area contributed by atoms with Crippen molar-refractivity contribution in [2.24, 2.45) is 0 Å². The molecule has 0 fully saturated rings. The summed E-state index contributed by atoms with van der Waals surface area (Å²) < 4.78 is 5.44. The van der Waals surface area contributed by atoms with Gasteiger partial charge in [0, 0.05) is 11.6 Å². The van der Waals surface area contributed by atoms with Crippen LogP contribution < -0.4 is 0 Å². The van der Waals surface area contributed by atoms with E-state index >= 15 is 0 Å². The summed E-state index contributed by atoms with van der Waals surface area (Å²) in [6.07, 6.45) is 5.40. The van der Waals surface area contributed by atoms with E-state index in [1.807, 2.05) is 48.6 Å². The standard InChI is InChI=1S/C18H14O3/c19-15-10-13(11-16(20)12-15)7-8-14-4-1-2-5-17(14)18-6-3-9-21-18/h1-12,19-20H/b8-7+. The van der Waals surface area contributed by atoms with Crippen LogP contribution in [0.2, 0.25) is 0 Å². The number of rotatable bonds is 3. The Balaban J connectivity index is 1.97. The largest absolute Gasteiger partial charge is 0.508 e. The average Bonchev–Trinajstić information content (AvgIpc) is 2.98. The van der Waals surface area contributed by atoms with Crippen molar-refractivity contribution in [2.75, 3.05) is 0 Å². The Morgan fingerprint density at radius 2 is 1.57 bits per heavy atom. The summed E-state index contributed by atoms with van der Waals surface area (Å²) in [5.74, 6) is 0.872. The summed E-state index contributed by atoms with van der Waals surface area (Å²) in [6, 6.07) is 16.1. The molecule has 0 spiro atoms. The lowest BCUT2D eigenvalue weighted by Crippen LogP contribution is -1.80. The first-order valence-corrected chi connectivity index (χ1v) is 6.56. The fourth-order valence-corrected chi connectivity index (χ4v) is 2.20. The van der Waals surface area contributed by atoms with E-state index in [2.05, 4.69) is 0 Å². The second-order valence-electron chi connectivity index (χ2n) is 4.68. The SMILES string of the molecule is Oc1cc(O)cc(/C=C/c2ccccc2-c2ccco2)c1. The van der Waals surface area contributed by atoms with E-state index in [0.29, 0.717) is 0 Å². The fourth-order valence-electron chi connectivity index (χ4n) is 2.20. The number of aromatic hydroxyl groups is 2. The monoisotopic (exact) mass is 278 g/mol. The first-order chi connectivity index (χ1) is 10.2. The summed E-state index contributed by atoms with van der Waals surface area (Å²) in [4.78, 5) is 0. The van der Waals surface area contributed by atoms with E-state index in [4.69, 9.17) is 4.42 Å². The van der Waals surface area contributed by atoms with Crippen molar-refractivity contribution in [1.82, 2.24) is 0 Å². The average molecular weight is 278 g/mol. The molecule has 0 bridgehead atoms. The van der Waals surface area contributed by atoms with Gasteiger partial charge in [-0.25, -0.2) is 0 Å². The van der Waals surface area contributed by atoms with Crippen LogP contribution in [0.1, 0.15) is 11.1 Å². The van der Waals surface area contributed by atoms with Crippen molar-refractivity contribution >= 4 is 12.2 Å². The zero-order valence-electron chi connectivity index (χ0n) is 11.2. The Bertz CT molecular complexity index is 751. The van der Waals surface area contributed by atoms with Crippen LogP contribution in [0, 0.1) is 0 Å². The molecule has 3 aromatic rings. The minimum absolute atomic E-state index is 0.0361. The molecule has 0 radical (unpaired) electrons. The van der Waals surface area contributed by atoms with Crippen LogP contribution in [0.4, 0.5) is 0 Å². The van der Waals surface area contributed by atoms with E-state index in [1.54, 1.807) is 18.4 Å². The molecule has 2 N–H and O–H groups in total. The molecule has 0 aliphatic rings.